The van der Waals surface area contributed by atoms with Crippen molar-refractivity contribution in [2.75, 3.05) is 0 Å². The van der Waals surface area contributed by atoms with Gasteiger partial charge in [-0.2, -0.15) is 13.6 Å². The van der Waals surface area contributed by atoms with E-state index >= 15 is 0 Å². The Morgan fingerprint density at radius 1 is 1.46 bits per heavy atom. The molecule has 0 spiro atoms. The Morgan fingerprint density at radius 3 is 2.54 bits per heavy atom. The lowest BCUT2D eigenvalue weighted by Gasteiger charge is -2.04. The molecule has 1 aromatic carbocycles. The van der Waals surface area contributed by atoms with Crippen LogP contribution < -0.4 is 9.32 Å². The van der Waals surface area contributed by atoms with Gasteiger partial charge >= 0.3 is 10.3 Å². The van der Waals surface area contributed by atoms with Gasteiger partial charge in [0.05, 0.1) is 4.47 Å². The first-order valence-electron chi connectivity index (χ1n) is 3.06. The molecular formula is C6H5BrClNO3S. The van der Waals surface area contributed by atoms with Gasteiger partial charge in [0.1, 0.15) is 0 Å². The molecule has 2 N–H and O–H groups in total. The van der Waals surface area contributed by atoms with Gasteiger partial charge in [-0.3, -0.25) is 0 Å². The minimum absolute atomic E-state index is 0.104. The second kappa shape index (κ2) is 3.83. The van der Waals surface area contributed by atoms with Gasteiger partial charge in [0.2, 0.25) is 0 Å². The maximum atomic E-state index is 10.5. The van der Waals surface area contributed by atoms with Crippen molar-refractivity contribution in [2.24, 2.45) is 5.14 Å². The zero-order valence-electron chi connectivity index (χ0n) is 6.20. The third-order valence-corrected chi connectivity index (χ3v) is 2.37. The summed E-state index contributed by atoms with van der Waals surface area (Å²) in [5, 5.41) is 5.14. The lowest BCUT2D eigenvalue weighted by molar-refractivity contribution is 0.486. The molecule has 1 aromatic rings. The fraction of sp³-hybridized carbons (Fsp3) is 0. The molecule has 0 aliphatic carbocycles. The van der Waals surface area contributed by atoms with E-state index in [1.165, 1.54) is 18.2 Å². The maximum absolute atomic E-state index is 10.5. The molecule has 0 unspecified atom stereocenters. The highest BCUT2D eigenvalue weighted by Gasteiger charge is 2.08. The molecule has 13 heavy (non-hydrogen) atoms. The number of rotatable bonds is 2. The molecule has 1 rings (SSSR count). The summed E-state index contributed by atoms with van der Waals surface area (Å²) >= 11 is 8.69. The van der Waals surface area contributed by atoms with Crippen molar-refractivity contribution in [2.45, 2.75) is 0 Å². The summed E-state index contributed by atoms with van der Waals surface area (Å²) in [5.41, 5.74) is 0. The normalized spacial score (nSPS) is 11.3. The Balaban J connectivity index is 3.04. The van der Waals surface area contributed by atoms with Crippen LogP contribution in [-0.4, -0.2) is 8.42 Å². The van der Waals surface area contributed by atoms with Crippen molar-refractivity contribution in [3.05, 3.63) is 27.7 Å². The molecular weight excluding hydrogens is 281 g/mol. The Hall–Kier alpha value is -0.300. The lowest BCUT2D eigenvalue weighted by Crippen LogP contribution is -2.19. The topological polar surface area (TPSA) is 69.4 Å². The van der Waals surface area contributed by atoms with Crippen LogP contribution >= 0.6 is 27.5 Å². The van der Waals surface area contributed by atoms with Crippen LogP contribution in [0.25, 0.3) is 0 Å². The summed E-state index contributed by atoms with van der Waals surface area (Å²) in [6.45, 7) is 0. The van der Waals surface area contributed by atoms with E-state index in [4.69, 9.17) is 11.6 Å². The largest absolute Gasteiger partial charge is 0.380 e. The van der Waals surface area contributed by atoms with E-state index in [1.54, 1.807) is 0 Å². The van der Waals surface area contributed by atoms with Crippen molar-refractivity contribution in [1.29, 1.82) is 0 Å². The molecule has 0 amide bonds. The number of nitrogens with two attached hydrogens (primary N) is 1. The number of benzene rings is 1. The molecule has 4 nitrogen and oxygen atoms in total. The standard InChI is InChI=1S/C6H5BrClNO3S/c7-5-3-4(8)1-2-6(5)12-13(9,10)11/h1-3H,(H2,9,10,11). The van der Waals surface area contributed by atoms with Crippen LogP contribution in [0.3, 0.4) is 0 Å². The zero-order valence-corrected chi connectivity index (χ0v) is 9.36. The minimum atomic E-state index is -3.99. The minimum Gasteiger partial charge on any atom is -0.370 e. The molecule has 0 atom stereocenters. The molecule has 7 heteroatoms. The van der Waals surface area contributed by atoms with Crippen LogP contribution in [0.2, 0.25) is 5.02 Å². The fourth-order valence-electron chi connectivity index (χ4n) is 0.668. The highest BCUT2D eigenvalue weighted by atomic mass is 79.9. The van der Waals surface area contributed by atoms with E-state index in [-0.39, 0.29) is 5.75 Å². The van der Waals surface area contributed by atoms with E-state index < -0.39 is 10.3 Å². The van der Waals surface area contributed by atoms with E-state index in [0.29, 0.717) is 9.50 Å². The maximum Gasteiger partial charge on any atom is 0.380 e. The highest BCUT2D eigenvalue weighted by molar-refractivity contribution is 9.10. The highest BCUT2D eigenvalue weighted by Crippen LogP contribution is 2.28. The summed E-state index contributed by atoms with van der Waals surface area (Å²) in [5.74, 6) is 0.104. The van der Waals surface area contributed by atoms with Gasteiger partial charge in [-0.15, -0.1) is 0 Å². The van der Waals surface area contributed by atoms with Gasteiger partial charge in [0, 0.05) is 5.02 Å². The van der Waals surface area contributed by atoms with Crippen molar-refractivity contribution >= 4 is 37.8 Å². The van der Waals surface area contributed by atoms with Crippen LogP contribution in [0.4, 0.5) is 0 Å². The van der Waals surface area contributed by atoms with Crippen LogP contribution in [0.15, 0.2) is 22.7 Å². The second-order valence-electron chi connectivity index (χ2n) is 2.15. The van der Waals surface area contributed by atoms with Gasteiger partial charge in [0.15, 0.2) is 5.75 Å². The molecule has 0 saturated carbocycles. The third kappa shape index (κ3) is 3.51. The molecule has 0 fully saturated rings. The smallest absolute Gasteiger partial charge is 0.370 e. The Bertz CT molecular complexity index is 420. The summed E-state index contributed by atoms with van der Waals surface area (Å²) < 4.78 is 25.9. The van der Waals surface area contributed by atoms with Gasteiger partial charge in [-0.1, -0.05) is 11.6 Å². The first kappa shape index (κ1) is 10.8. The number of hydrogen-bond donors (Lipinski definition) is 1. The molecule has 0 aliphatic heterocycles. The molecule has 0 aliphatic rings. The monoisotopic (exact) mass is 285 g/mol. The Morgan fingerprint density at radius 2 is 2.08 bits per heavy atom. The lowest BCUT2D eigenvalue weighted by atomic mass is 10.3. The van der Waals surface area contributed by atoms with E-state index in [1.807, 2.05) is 0 Å². The first-order valence-corrected chi connectivity index (χ1v) is 5.70. The second-order valence-corrected chi connectivity index (χ2v) is 4.59. The van der Waals surface area contributed by atoms with Crippen molar-refractivity contribution in [3.8, 4) is 5.75 Å². The van der Waals surface area contributed by atoms with Gasteiger partial charge in [-0.05, 0) is 34.1 Å². The first-order chi connectivity index (χ1) is 5.88. The van der Waals surface area contributed by atoms with E-state index in [2.05, 4.69) is 25.3 Å². The van der Waals surface area contributed by atoms with Gasteiger partial charge in [0.25, 0.3) is 0 Å². The van der Waals surface area contributed by atoms with Crippen LogP contribution in [0.5, 0.6) is 5.75 Å². The molecule has 0 saturated heterocycles. The van der Waals surface area contributed by atoms with Crippen molar-refractivity contribution in [3.63, 3.8) is 0 Å². The third-order valence-electron chi connectivity index (χ3n) is 1.10. The summed E-state index contributed by atoms with van der Waals surface area (Å²) in [7, 11) is -3.99. The predicted octanol–water partition coefficient (Wildman–Crippen LogP) is 1.68. The SMILES string of the molecule is NS(=O)(=O)Oc1ccc(Cl)cc1Br. The van der Waals surface area contributed by atoms with Crippen molar-refractivity contribution in [1.82, 2.24) is 0 Å². The fourth-order valence-corrected chi connectivity index (χ4v) is 1.93. The predicted molar refractivity (Wildman–Crippen MR) is 52.9 cm³/mol. The van der Waals surface area contributed by atoms with E-state index in [9.17, 15) is 8.42 Å². The van der Waals surface area contributed by atoms with Crippen LogP contribution in [0, 0.1) is 0 Å². The molecule has 0 radical (unpaired) electrons. The average molecular weight is 287 g/mol. The Labute approximate surface area is 89.0 Å². The van der Waals surface area contributed by atoms with Crippen LogP contribution in [0.1, 0.15) is 0 Å². The molecule has 0 aromatic heterocycles. The summed E-state index contributed by atoms with van der Waals surface area (Å²) in [6.07, 6.45) is 0. The van der Waals surface area contributed by atoms with Crippen LogP contribution in [-0.2, 0) is 10.3 Å². The average Bonchev–Trinajstić information content (AvgIpc) is 1.93. The molecule has 72 valence electrons. The quantitative estimate of drug-likeness (QED) is 0.899. The zero-order chi connectivity index (χ0) is 10.1. The molecule has 0 bridgehead atoms. The van der Waals surface area contributed by atoms with Gasteiger partial charge in [-0.25, -0.2) is 0 Å². The van der Waals surface area contributed by atoms with Crippen molar-refractivity contribution < 1.29 is 12.6 Å². The number of hydrogen-bond acceptors (Lipinski definition) is 3. The van der Waals surface area contributed by atoms with E-state index in [0.717, 1.165) is 0 Å². The summed E-state index contributed by atoms with van der Waals surface area (Å²) in [6, 6.07) is 4.39. The Kier molecular flexibility index (Phi) is 3.18. The molecule has 0 heterocycles. The number of halogens is 2. The summed E-state index contributed by atoms with van der Waals surface area (Å²) in [4.78, 5) is 0. The van der Waals surface area contributed by atoms with Gasteiger partial charge < -0.3 is 4.18 Å².